The molecule has 1 heterocycles. The van der Waals surface area contributed by atoms with Gasteiger partial charge in [0.1, 0.15) is 0 Å². The molecular formula is C25H40O5. The number of fused-ring (bicyclic) bond motifs is 5. The first kappa shape index (κ1) is 21.4. The zero-order valence-corrected chi connectivity index (χ0v) is 19.4. The van der Waals surface area contributed by atoms with Crippen LogP contribution < -0.4 is 0 Å². The molecule has 7 unspecified atom stereocenters. The molecule has 0 aromatic rings. The number of aliphatic hydroxyl groups is 1. The third kappa shape index (κ3) is 2.78. The number of ether oxygens (including phenoxy) is 4. The Morgan fingerprint density at radius 2 is 1.80 bits per heavy atom. The highest BCUT2D eigenvalue weighted by Gasteiger charge is 2.65. The second-order valence-corrected chi connectivity index (χ2v) is 11.3. The van der Waals surface area contributed by atoms with Crippen molar-refractivity contribution < 1.29 is 24.1 Å². The fraction of sp³-hybridized carbons (Fsp3) is 0.920. The van der Waals surface area contributed by atoms with E-state index in [0.717, 1.165) is 38.5 Å². The topological polar surface area (TPSA) is 57.2 Å². The molecule has 1 aliphatic heterocycles. The van der Waals surface area contributed by atoms with Crippen LogP contribution in [0.3, 0.4) is 0 Å². The highest BCUT2D eigenvalue weighted by molar-refractivity contribution is 5.28. The first-order chi connectivity index (χ1) is 14.2. The highest BCUT2D eigenvalue weighted by Crippen LogP contribution is 2.68. The van der Waals surface area contributed by atoms with Gasteiger partial charge in [0, 0.05) is 33.0 Å². The minimum Gasteiger partial charge on any atom is -0.393 e. The lowest BCUT2D eigenvalue weighted by Gasteiger charge is -2.61. The summed E-state index contributed by atoms with van der Waals surface area (Å²) in [5, 5.41) is 11.6. The van der Waals surface area contributed by atoms with E-state index in [2.05, 4.69) is 26.8 Å². The number of hydrogen-bond donors (Lipinski definition) is 1. The molecule has 1 N–H and O–H groups in total. The van der Waals surface area contributed by atoms with E-state index < -0.39 is 11.6 Å². The van der Waals surface area contributed by atoms with Gasteiger partial charge in [-0.2, -0.15) is 0 Å². The van der Waals surface area contributed by atoms with Crippen molar-refractivity contribution in [3.05, 3.63) is 11.6 Å². The number of aliphatic hydroxyl groups excluding tert-OH is 1. The Hall–Kier alpha value is -0.460. The van der Waals surface area contributed by atoms with Crippen molar-refractivity contribution in [1.29, 1.82) is 0 Å². The number of hydrogen-bond acceptors (Lipinski definition) is 5. The molecule has 7 atom stereocenters. The average molecular weight is 421 g/mol. The van der Waals surface area contributed by atoms with Crippen molar-refractivity contribution in [3.8, 4) is 0 Å². The third-order valence-corrected chi connectivity index (χ3v) is 10.3. The van der Waals surface area contributed by atoms with E-state index in [-0.39, 0.29) is 16.9 Å². The minimum absolute atomic E-state index is 0.0383. The van der Waals surface area contributed by atoms with Crippen molar-refractivity contribution in [2.24, 2.45) is 34.5 Å². The smallest absolute Gasteiger partial charge is 0.172 e. The summed E-state index contributed by atoms with van der Waals surface area (Å²) in [6, 6.07) is 0. The second kappa shape index (κ2) is 7.02. The van der Waals surface area contributed by atoms with Crippen molar-refractivity contribution >= 4 is 0 Å². The molecule has 1 spiro atoms. The lowest BCUT2D eigenvalue weighted by molar-refractivity contribution is -0.258. The van der Waals surface area contributed by atoms with Gasteiger partial charge in [-0.25, -0.2) is 0 Å². The lowest BCUT2D eigenvalue weighted by Crippen LogP contribution is -2.59. The Bertz CT molecular complexity index is 708. The largest absolute Gasteiger partial charge is 0.393 e. The normalized spacial score (nSPS) is 47.5. The summed E-state index contributed by atoms with van der Waals surface area (Å²) in [5.74, 6) is 0.756. The van der Waals surface area contributed by atoms with Crippen molar-refractivity contribution in [1.82, 2.24) is 0 Å². The van der Waals surface area contributed by atoms with Crippen molar-refractivity contribution in [3.63, 3.8) is 0 Å². The summed E-state index contributed by atoms with van der Waals surface area (Å²) in [7, 11) is 3.51. The quantitative estimate of drug-likeness (QED) is 0.545. The summed E-state index contributed by atoms with van der Waals surface area (Å²) in [5.41, 5.74) is 1.55. The summed E-state index contributed by atoms with van der Waals surface area (Å²) in [6.07, 6.45) is 9.26. The van der Waals surface area contributed by atoms with E-state index in [1.807, 2.05) is 0 Å². The highest BCUT2D eigenvalue weighted by atomic mass is 16.7. The van der Waals surface area contributed by atoms with Gasteiger partial charge >= 0.3 is 0 Å². The maximum atomic E-state index is 11.6. The second-order valence-electron chi connectivity index (χ2n) is 11.3. The van der Waals surface area contributed by atoms with E-state index in [9.17, 15) is 5.11 Å². The fourth-order valence-electron chi connectivity index (χ4n) is 8.71. The van der Waals surface area contributed by atoms with Crippen LogP contribution in [0.1, 0.15) is 65.7 Å². The van der Waals surface area contributed by atoms with Gasteiger partial charge in [-0.15, -0.1) is 0 Å². The Balaban J connectivity index is 1.47. The number of methoxy groups -OCH3 is 2. The maximum absolute atomic E-state index is 11.6. The molecule has 0 bridgehead atoms. The van der Waals surface area contributed by atoms with Crippen LogP contribution in [0.25, 0.3) is 0 Å². The molecule has 170 valence electrons. The fourth-order valence-corrected chi connectivity index (χ4v) is 8.71. The summed E-state index contributed by atoms with van der Waals surface area (Å²) >= 11 is 0. The van der Waals surface area contributed by atoms with E-state index in [1.54, 1.807) is 14.2 Å². The van der Waals surface area contributed by atoms with Crippen LogP contribution in [0.15, 0.2) is 11.6 Å². The van der Waals surface area contributed by atoms with Crippen LogP contribution in [0, 0.1) is 34.5 Å². The van der Waals surface area contributed by atoms with Crippen LogP contribution in [0.2, 0.25) is 0 Å². The monoisotopic (exact) mass is 420 g/mol. The van der Waals surface area contributed by atoms with E-state index >= 15 is 0 Å². The lowest BCUT2D eigenvalue weighted by atomic mass is 9.46. The third-order valence-electron chi connectivity index (χ3n) is 10.3. The van der Waals surface area contributed by atoms with Gasteiger partial charge in [-0.1, -0.05) is 25.5 Å². The SMILES string of the molecule is COC(C)(OC)C1CCC2C3CC=C4CC5(CCC4(C)C3C(O)CC21C)OCCO5. The molecule has 0 aromatic carbocycles. The van der Waals surface area contributed by atoms with Crippen LogP contribution >= 0.6 is 0 Å². The first-order valence-corrected chi connectivity index (χ1v) is 12.0. The van der Waals surface area contributed by atoms with Gasteiger partial charge in [-0.05, 0) is 67.6 Å². The molecule has 0 amide bonds. The maximum Gasteiger partial charge on any atom is 0.172 e. The summed E-state index contributed by atoms with van der Waals surface area (Å²) in [6.45, 7) is 8.29. The van der Waals surface area contributed by atoms with Gasteiger partial charge < -0.3 is 24.1 Å². The van der Waals surface area contributed by atoms with Gasteiger partial charge in [0.25, 0.3) is 0 Å². The molecule has 4 fully saturated rings. The van der Waals surface area contributed by atoms with Crippen LogP contribution in [0.5, 0.6) is 0 Å². The average Bonchev–Trinajstić information content (AvgIpc) is 3.32. The zero-order valence-electron chi connectivity index (χ0n) is 19.4. The molecule has 5 nitrogen and oxygen atoms in total. The first-order valence-electron chi connectivity index (χ1n) is 12.0. The molecule has 5 heteroatoms. The van der Waals surface area contributed by atoms with Crippen LogP contribution in [0.4, 0.5) is 0 Å². The van der Waals surface area contributed by atoms with E-state index in [4.69, 9.17) is 18.9 Å². The van der Waals surface area contributed by atoms with Crippen molar-refractivity contribution in [2.75, 3.05) is 27.4 Å². The molecule has 0 radical (unpaired) electrons. The zero-order chi connectivity index (χ0) is 21.4. The number of rotatable bonds is 3. The van der Waals surface area contributed by atoms with Crippen LogP contribution in [-0.2, 0) is 18.9 Å². The van der Waals surface area contributed by atoms with Gasteiger partial charge in [0.15, 0.2) is 11.6 Å². The van der Waals surface area contributed by atoms with Crippen molar-refractivity contribution in [2.45, 2.75) is 83.4 Å². The molecule has 3 saturated carbocycles. The molecule has 30 heavy (non-hydrogen) atoms. The van der Waals surface area contributed by atoms with Gasteiger partial charge in [-0.3, -0.25) is 0 Å². The molecule has 5 aliphatic rings. The van der Waals surface area contributed by atoms with Gasteiger partial charge in [0.05, 0.1) is 19.3 Å². The predicted octanol–water partition coefficient (Wildman–Crippen LogP) is 4.29. The van der Waals surface area contributed by atoms with E-state index in [1.165, 1.54) is 12.0 Å². The molecule has 0 aromatic heterocycles. The molecular weight excluding hydrogens is 380 g/mol. The summed E-state index contributed by atoms with van der Waals surface area (Å²) < 4.78 is 23.8. The molecule has 1 saturated heterocycles. The Morgan fingerprint density at radius 1 is 1.10 bits per heavy atom. The Kier molecular flexibility index (Phi) is 5.00. The minimum atomic E-state index is -0.593. The summed E-state index contributed by atoms with van der Waals surface area (Å²) in [4.78, 5) is 0. The standard InChI is InChI=1S/C25H40O5/c1-22-10-11-25(29-12-13-30-25)14-16(22)6-7-17-18-8-9-20(24(3,27-4)28-5)23(18,2)15-19(26)21(17)22/h6,17-21,26H,7-15H2,1-5H3. The van der Waals surface area contributed by atoms with E-state index in [0.29, 0.717) is 36.9 Å². The van der Waals surface area contributed by atoms with Crippen LogP contribution in [-0.4, -0.2) is 50.2 Å². The number of allylic oxidation sites excluding steroid dienone is 1. The molecule has 4 aliphatic carbocycles. The van der Waals surface area contributed by atoms with Gasteiger partial charge in [0.2, 0.25) is 0 Å². The Labute approximate surface area is 181 Å². The Morgan fingerprint density at radius 3 is 2.47 bits per heavy atom. The molecule has 5 rings (SSSR count). The predicted molar refractivity (Wildman–Crippen MR) is 114 cm³/mol.